The molecular weight excluding hydrogens is 247 g/mol. The second kappa shape index (κ2) is 4.31. The van der Waals surface area contributed by atoms with E-state index in [2.05, 4.69) is 0 Å². The van der Waals surface area contributed by atoms with Gasteiger partial charge >= 0.3 is 12.1 Å². The molecule has 0 atom stereocenters. The summed E-state index contributed by atoms with van der Waals surface area (Å²) in [5, 5.41) is 8.24. The van der Waals surface area contributed by atoms with Crippen LogP contribution >= 0.6 is 0 Å². The lowest BCUT2D eigenvalue weighted by Crippen LogP contribution is -2.23. The Kier molecular flexibility index (Phi) is 3.40. The molecule has 0 amide bonds. The average Bonchev–Trinajstić information content (AvgIpc) is 2.14. The van der Waals surface area contributed by atoms with E-state index in [-0.39, 0.29) is 0 Å². The third kappa shape index (κ3) is 3.15. The molecule has 1 aromatic rings. The highest BCUT2D eigenvalue weighted by atomic mass is 19.4. The fourth-order valence-electron chi connectivity index (χ4n) is 1.33. The molecule has 2 nitrogen and oxygen atoms in total. The zero-order valence-corrected chi connectivity index (χ0v) is 8.26. The van der Waals surface area contributed by atoms with Gasteiger partial charge in [0.25, 0.3) is 5.92 Å². The van der Waals surface area contributed by atoms with Crippen LogP contribution in [0.15, 0.2) is 24.3 Å². The number of hydrogen-bond donors (Lipinski definition) is 1. The highest BCUT2D eigenvalue weighted by molar-refractivity contribution is 5.68. The van der Waals surface area contributed by atoms with E-state index < -0.39 is 35.6 Å². The number of benzene rings is 1. The smallest absolute Gasteiger partial charge is 0.416 e. The van der Waals surface area contributed by atoms with Gasteiger partial charge in [0.05, 0.1) is 5.56 Å². The van der Waals surface area contributed by atoms with E-state index in [9.17, 15) is 26.7 Å². The number of carboxylic acids is 1. The molecule has 1 rings (SSSR count). The van der Waals surface area contributed by atoms with Crippen LogP contribution in [-0.4, -0.2) is 11.1 Å². The van der Waals surface area contributed by atoms with Gasteiger partial charge in [-0.05, 0) is 6.07 Å². The molecule has 0 saturated carbocycles. The van der Waals surface area contributed by atoms with E-state index in [1.54, 1.807) is 0 Å². The van der Waals surface area contributed by atoms with Crippen molar-refractivity contribution in [3.63, 3.8) is 0 Å². The minimum absolute atomic E-state index is 0.491. The highest BCUT2D eigenvalue weighted by Gasteiger charge is 2.43. The number of rotatable bonds is 3. The molecule has 0 fully saturated rings. The summed E-state index contributed by atoms with van der Waals surface area (Å²) in [5.74, 6) is -5.93. The molecule has 0 radical (unpaired) electrons. The SMILES string of the molecule is O=C(O)CC(F)(F)c1ccccc1C(F)(F)F. The minimum Gasteiger partial charge on any atom is -0.481 e. The van der Waals surface area contributed by atoms with Gasteiger partial charge in [-0.25, -0.2) is 8.78 Å². The van der Waals surface area contributed by atoms with Crippen LogP contribution in [0.5, 0.6) is 0 Å². The number of aliphatic carboxylic acids is 1. The van der Waals surface area contributed by atoms with Crippen LogP contribution in [0.25, 0.3) is 0 Å². The lowest BCUT2D eigenvalue weighted by atomic mass is 9.99. The molecule has 0 unspecified atom stereocenters. The molecule has 1 N–H and O–H groups in total. The molecule has 0 aliphatic heterocycles. The number of hydrogen-bond acceptors (Lipinski definition) is 1. The van der Waals surface area contributed by atoms with Gasteiger partial charge in [0.1, 0.15) is 6.42 Å². The largest absolute Gasteiger partial charge is 0.481 e. The first kappa shape index (κ1) is 13.4. The van der Waals surface area contributed by atoms with E-state index in [0.717, 1.165) is 12.1 Å². The number of alkyl halides is 5. The number of carboxylic acid groups (broad SMARTS) is 1. The van der Waals surface area contributed by atoms with Crippen LogP contribution in [0.4, 0.5) is 22.0 Å². The molecule has 0 bridgehead atoms. The molecule has 17 heavy (non-hydrogen) atoms. The Balaban J connectivity index is 3.26. The average molecular weight is 254 g/mol. The van der Waals surface area contributed by atoms with Crippen molar-refractivity contribution in [1.29, 1.82) is 0 Å². The van der Waals surface area contributed by atoms with Crippen molar-refractivity contribution in [1.82, 2.24) is 0 Å². The van der Waals surface area contributed by atoms with Crippen molar-refractivity contribution >= 4 is 5.97 Å². The molecule has 94 valence electrons. The minimum atomic E-state index is -4.95. The van der Waals surface area contributed by atoms with Gasteiger partial charge in [-0.3, -0.25) is 4.79 Å². The first-order valence-corrected chi connectivity index (χ1v) is 4.41. The molecule has 0 aliphatic carbocycles. The molecular formula is C10H7F5O2. The molecule has 1 aromatic carbocycles. The monoisotopic (exact) mass is 254 g/mol. The molecule has 7 heteroatoms. The maximum atomic E-state index is 13.3. The maximum Gasteiger partial charge on any atom is 0.416 e. The molecule has 0 aromatic heterocycles. The Labute approximate surface area is 92.7 Å². The normalized spacial score (nSPS) is 12.5. The Bertz CT molecular complexity index is 425. The molecule has 0 spiro atoms. The fraction of sp³-hybridized carbons (Fsp3) is 0.300. The van der Waals surface area contributed by atoms with E-state index >= 15 is 0 Å². The van der Waals surface area contributed by atoms with Crippen LogP contribution in [-0.2, 0) is 16.9 Å². The quantitative estimate of drug-likeness (QED) is 0.840. The summed E-state index contributed by atoms with van der Waals surface area (Å²) in [6, 6.07) is 3.03. The number of carbonyl (C=O) groups is 1. The van der Waals surface area contributed by atoms with Crippen LogP contribution in [0.2, 0.25) is 0 Å². The summed E-state index contributed by atoms with van der Waals surface area (Å²) >= 11 is 0. The zero-order chi connectivity index (χ0) is 13.3. The van der Waals surface area contributed by atoms with E-state index in [4.69, 9.17) is 5.11 Å². The van der Waals surface area contributed by atoms with Gasteiger partial charge in [0, 0.05) is 5.56 Å². The predicted molar refractivity (Wildman–Crippen MR) is 47.6 cm³/mol. The topological polar surface area (TPSA) is 37.3 Å². The van der Waals surface area contributed by atoms with Crippen LogP contribution in [0, 0.1) is 0 Å². The van der Waals surface area contributed by atoms with E-state index in [1.165, 1.54) is 0 Å². The third-order valence-electron chi connectivity index (χ3n) is 2.00. The fourth-order valence-corrected chi connectivity index (χ4v) is 1.33. The predicted octanol–water partition coefficient (Wildman–Crippen LogP) is 3.27. The van der Waals surface area contributed by atoms with Gasteiger partial charge in [0.2, 0.25) is 0 Å². The first-order chi connectivity index (χ1) is 7.64. The second-order valence-corrected chi connectivity index (χ2v) is 3.32. The molecule has 0 heterocycles. The summed E-state index contributed by atoms with van der Waals surface area (Å²) in [4.78, 5) is 10.2. The molecule has 0 saturated heterocycles. The van der Waals surface area contributed by atoms with Crippen molar-refractivity contribution in [2.45, 2.75) is 18.5 Å². The summed E-state index contributed by atoms with van der Waals surface area (Å²) in [5.41, 5.74) is -2.85. The van der Waals surface area contributed by atoms with Crippen molar-refractivity contribution in [2.24, 2.45) is 0 Å². The summed E-state index contributed by atoms with van der Waals surface area (Å²) in [6.45, 7) is 0. The van der Waals surface area contributed by atoms with Crippen molar-refractivity contribution in [3.05, 3.63) is 35.4 Å². The van der Waals surface area contributed by atoms with Crippen LogP contribution in [0.3, 0.4) is 0 Å². The third-order valence-corrected chi connectivity index (χ3v) is 2.00. The van der Waals surface area contributed by atoms with E-state index in [0.29, 0.717) is 12.1 Å². The lowest BCUT2D eigenvalue weighted by molar-refractivity contribution is -0.151. The Morgan fingerprint density at radius 3 is 1.94 bits per heavy atom. The van der Waals surface area contributed by atoms with Crippen LogP contribution < -0.4 is 0 Å². The zero-order valence-electron chi connectivity index (χ0n) is 8.26. The van der Waals surface area contributed by atoms with Gasteiger partial charge in [0.15, 0.2) is 0 Å². The van der Waals surface area contributed by atoms with Crippen molar-refractivity contribution in [3.8, 4) is 0 Å². The van der Waals surface area contributed by atoms with Crippen molar-refractivity contribution in [2.75, 3.05) is 0 Å². The maximum absolute atomic E-state index is 13.3. The highest BCUT2D eigenvalue weighted by Crippen LogP contribution is 2.40. The summed E-state index contributed by atoms with van der Waals surface area (Å²) < 4.78 is 63.9. The Hall–Kier alpha value is -1.66. The van der Waals surface area contributed by atoms with Gasteiger partial charge in [-0.15, -0.1) is 0 Å². The lowest BCUT2D eigenvalue weighted by Gasteiger charge is -2.19. The first-order valence-electron chi connectivity index (χ1n) is 4.41. The number of halogens is 5. The van der Waals surface area contributed by atoms with Crippen LogP contribution in [0.1, 0.15) is 17.5 Å². The van der Waals surface area contributed by atoms with E-state index in [1.807, 2.05) is 0 Å². The second-order valence-electron chi connectivity index (χ2n) is 3.32. The molecule has 0 aliphatic rings. The van der Waals surface area contributed by atoms with Gasteiger partial charge in [-0.2, -0.15) is 13.2 Å². The van der Waals surface area contributed by atoms with Crippen molar-refractivity contribution < 1.29 is 31.9 Å². The van der Waals surface area contributed by atoms with Gasteiger partial charge in [-0.1, -0.05) is 18.2 Å². The summed E-state index contributed by atoms with van der Waals surface area (Å²) in [6.07, 6.45) is -6.63. The Morgan fingerprint density at radius 1 is 1.06 bits per heavy atom. The standard InChI is InChI=1S/C10H7F5O2/c11-9(12,5-8(16)17)6-3-1-2-4-7(6)10(13,14)15/h1-4H,5H2,(H,16,17). The van der Waals surface area contributed by atoms with Gasteiger partial charge < -0.3 is 5.11 Å². The Morgan fingerprint density at radius 2 is 1.53 bits per heavy atom. The summed E-state index contributed by atoms with van der Waals surface area (Å²) in [7, 11) is 0.